The third kappa shape index (κ3) is 6.55. The second kappa shape index (κ2) is 12.1. The van der Waals surface area contributed by atoms with Gasteiger partial charge in [0.15, 0.2) is 5.96 Å². The van der Waals surface area contributed by atoms with Gasteiger partial charge < -0.3 is 19.9 Å². The number of hydrogen-bond donors (Lipinski definition) is 2. The highest BCUT2D eigenvalue weighted by atomic mass is 127. The van der Waals surface area contributed by atoms with E-state index in [4.69, 9.17) is 14.3 Å². The summed E-state index contributed by atoms with van der Waals surface area (Å²) in [5, 5.41) is 11.0. The van der Waals surface area contributed by atoms with Crippen LogP contribution < -0.4 is 10.6 Å². The van der Waals surface area contributed by atoms with Crippen molar-refractivity contribution in [2.75, 3.05) is 45.9 Å². The number of hydrogen-bond acceptors (Lipinski definition) is 5. The predicted molar refractivity (Wildman–Crippen MR) is 127 cm³/mol. The van der Waals surface area contributed by atoms with Crippen molar-refractivity contribution in [2.45, 2.75) is 64.8 Å². The van der Waals surface area contributed by atoms with Crippen molar-refractivity contribution in [3.63, 3.8) is 0 Å². The third-order valence-electron chi connectivity index (χ3n) is 6.19. The summed E-state index contributed by atoms with van der Waals surface area (Å²) in [6.45, 7) is 12.4. The van der Waals surface area contributed by atoms with E-state index in [1.807, 2.05) is 13.8 Å². The van der Waals surface area contributed by atoms with Crippen molar-refractivity contribution < 1.29 is 9.26 Å². The summed E-state index contributed by atoms with van der Waals surface area (Å²) in [6, 6.07) is 0. The summed E-state index contributed by atoms with van der Waals surface area (Å²) in [6.07, 6.45) is 7.35. The maximum atomic E-state index is 5.59. The highest BCUT2D eigenvalue weighted by molar-refractivity contribution is 14.0. The summed E-state index contributed by atoms with van der Waals surface area (Å²) in [5.41, 5.74) is 2.38. The van der Waals surface area contributed by atoms with Crippen LogP contribution in [0.2, 0.25) is 0 Å². The summed E-state index contributed by atoms with van der Waals surface area (Å²) in [4.78, 5) is 7.67. The molecule has 2 heterocycles. The van der Waals surface area contributed by atoms with E-state index in [1.54, 1.807) is 0 Å². The Balaban J connectivity index is 0.00000300. The Bertz CT molecular complexity index is 618. The molecule has 0 atom stereocenters. The maximum Gasteiger partial charge on any atom is 0.191 e. The standard InChI is InChI=1S/C21H37N5O2.HI/c1-4-22-20(23-11-8-19-17(2)25-28-18(19)3)24-16-21(9-6-5-7-10-21)26-12-14-27-15-13-26;/h4-16H2,1-3H3,(H2,22,23,24);1H. The first kappa shape index (κ1) is 24.4. The Labute approximate surface area is 192 Å². The maximum absolute atomic E-state index is 5.59. The van der Waals surface area contributed by atoms with Crippen molar-refractivity contribution in [3.8, 4) is 0 Å². The van der Waals surface area contributed by atoms with E-state index in [0.29, 0.717) is 0 Å². The molecule has 166 valence electrons. The van der Waals surface area contributed by atoms with E-state index in [2.05, 4.69) is 27.6 Å². The topological polar surface area (TPSA) is 74.9 Å². The van der Waals surface area contributed by atoms with Crippen LogP contribution >= 0.6 is 24.0 Å². The fourth-order valence-electron chi connectivity index (χ4n) is 4.55. The van der Waals surface area contributed by atoms with Gasteiger partial charge in [-0.05, 0) is 40.0 Å². The average molecular weight is 519 g/mol. The van der Waals surface area contributed by atoms with Crippen LogP contribution in [0.3, 0.4) is 0 Å². The fraction of sp³-hybridized carbons (Fsp3) is 0.810. The molecule has 0 amide bonds. The second-order valence-electron chi connectivity index (χ2n) is 8.06. The van der Waals surface area contributed by atoms with Crippen LogP contribution in [0.4, 0.5) is 0 Å². The fourth-order valence-corrected chi connectivity index (χ4v) is 4.55. The lowest BCUT2D eigenvalue weighted by Crippen LogP contribution is -2.56. The van der Waals surface area contributed by atoms with Gasteiger partial charge in [-0.15, -0.1) is 24.0 Å². The molecule has 1 aromatic heterocycles. The van der Waals surface area contributed by atoms with Gasteiger partial charge >= 0.3 is 0 Å². The van der Waals surface area contributed by atoms with Gasteiger partial charge in [0.2, 0.25) is 0 Å². The van der Waals surface area contributed by atoms with E-state index in [-0.39, 0.29) is 29.5 Å². The number of nitrogens with zero attached hydrogens (tertiary/aromatic N) is 3. The Morgan fingerprint density at radius 3 is 2.48 bits per heavy atom. The smallest absolute Gasteiger partial charge is 0.191 e. The van der Waals surface area contributed by atoms with Gasteiger partial charge in [0.05, 0.1) is 25.5 Å². The molecule has 0 spiro atoms. The van der Waals surface area contributed by atoms with Crippen LogP contribution in [-0.4, -0.2) is 67.5 Å². The minimum Gasteiger partial charge on any atom is -0.379 e. The number of halogens is 1. The Kier molecular flexibility index (Phi) is 10.2. The number of ether oxygens (including phenoxy) is 1. The molecule has 1 aliphatic heterocycles. The molecular weight excluding hydrogens is 481 g/mol. The zero-order valence-corrected chi connectivity index (χ0v) is 20.6. The van der Waals surface area contributed by atoms with Crippen LogP contribution in [0.25, 0.3) is 0 Å². The number of aromatic nitrogens is 1. The number of aliphatic imine (C=N–C) groups is 1. The Hall–Kier alpha value is -0.870. The molecule has 7 nitrogen and oxygen atoms in total. The normalized spacial score (nSPS) is 20.2. The molecule has 0 radical (unpaired) electrons. The van der Waals surface area contributed by atoms with Crippen molar-refractivity contribution in [1.82, 2.24) is 20.7 Å². The molecule has 3 rings (SSSR count). The van der Waals surface area contributed by atoms with Crippen molar-refractivity contribution in [3.05, 3.63) is 17.0 Å². The summed E-state index contributed by atoms with van der Waals surface area (Å²) < 4.78 is 10.9. The Morgan fingerprint density at radius 2 is 1.86 bits per heavy atom. The van der Waals surface area contributed by atoms with Gasteiger partial charge in [-0.25, -0.2) is 0 Å². The highest BCUT2D eigenvalue weighted by Crippen LogP contribution is 2.34. The molecule has 0 aromatic carbocycles. The molecule has 1 saturated heterocycles. The molecule has 1 saturated carbocycles. The minimum atomic E-state index is 0. The van der Waals surface area contributed by atoms with Crippen LogP contribution in [-0.2, 0) is 11.2 Å². The van der Waals surface area contributed by atoms with Crippen LogP contribution in [0.15, 0.2) is 9.52 Å². The van der Waals surface area contributed by atoms with Crippen LogP contribution in [0.5, 0.6) is 0 Å². The van der Waals surface area contributed by atoms with Gasteiger partial charge in [-0.2, -0.15) is 0 Å². The number of guanidine groups is 1. The molecule has 29 heavy (non-hydrogen) atoms. The lowest BCUT2D eigenvalue weighted by atomic mass is 9.80. The first-order chi connectivity index (χ1) is 13.6. The minimum absolute atomic E-state index is 0. The zero-order chi connectivity index (χ0) is 19.8. The summed E-state index contributed by atoms with van der Waals surface area (Å²) in [5.74, 6) is 1.82. The quantitative estimate of drug-likeness (QED) is 0.328. The van der Waals surface area contributed by atoms with Crippen molar-refractivity contribution in [2.24, 2.45) is 4.99 Å². The molecular formula is C21H38IN5O2. The number of nitrogens with one attached hydrogen (secondary N) is 2. The van der Waals surface area contributed by atoms with Crippen molar-refractivity contribution >= 4 is 29.9 Å². The zero-order valence-electron chi connectivity index (χ0n) is 18.3. The first-order valence-electron chi connectivity index (χ1n) is 10.9. The highest BCUT2D eigenvalue weighted by Gasteiger charge is 2.38. The van der Waals surface area contributed by atoms with Crippen LogP contribution in [0.1, 0.15) is 56.0 Å². The van der Waals surface area contributed by atoms with Gasteiger partial charge in [0.25, 0.3) is 0 Å². The van der Waals surface area contributed by atoms with E-state index in [9.17, 15) is 0 Å². The predicted octanol–water partition coefficient (Wildman–Crippen LogP) is 3.04. The van der Waals surface area contributed by atoms with Gasteiger partial charge in [0.1, 0.15) is 5.76 Å². The number of morpholine rings is 1. The molecule has 0 bridgehead atoms. The molecule has 2 aliphatic rings. The molecule has 1 aliphatic carbocycles. The van der Waals surface area contributed by atoms with Gasteiger partial charge in [-0.1, -0.05) is 24.4 Å². The van der Waals surface area contributed by atoms with E-state index in [0.717, 1.165) is 69.8 Å². The van der Waals surface area contributed by atoms with Gasteiger partial charge in [0, 0.05) is 37.3 Å². The second-order valence-corrected chi connectivity index (χ2v) is 8.06. The lowest BCUT2D eigenvalue weighted by molar-refractivity contribution is -0.0333. The molecule has 0 unspecified atom stereocenters. The monoisotopic (exact) mass is 519 g/mol. The van der Waals surface area contributed by atoms with E-state index in [1.165, 1.54) is 37.7 Å². The van der Waals surface area contributed by atoms with Crippen LogP contribution in [0, 0.1) is 13.8 Å². The SMILES string of the molecule is CCNC(=NCC1(N2CCOCC2)CCCCC1)NCCc1c(C)noc1C.I. The molecule has 8 heteroatoms. The average Bonchev–Trinajstić information content (AvgIpc) is 3.05. The number of aryl methyl sites for hydroxylation is 2. The van der Waals surface area contributed by atoms with E-state index < -0.39 is 0 Å². The molecule has 1 aromatic rings. The summed E-state index contributed by atoms with van der Waals surface area (Å²) >= 11 is 0. The Morgan fingerprint density at radius 1 is 1.14 bits per heavy atom. The van der Waals surface area contributed by atoms with Gasteiger partial charge in [-0.3, -0.25) is 9.89 Å². The molecule has 2 fully saturated rings. The number of rotatable bonds is 7. The third-order valence-corrected chi connectivity index (χ3v) is 6.19. The summed E-state index contributed by atoms with van der Waals surface area (Å²) in [7, 11) is 0. The lowest BCUT2D eigenvalue weighted by Gasteiger charge is -2.47. The van der Waals surface area contributed by atoms with Crippen molar-refractivity contribution in [1.29, 1.82) is 0 Å². The van der Waals surface area contributed by atoms with E-state index >= 15 is 0 Å². The first-order valence-corrected chi connectivity index (χ1v) is 10.9. The molecule has 2 N–H and O–H groups in total. The largest absolute Gasteiger partial charge is 0.379 e.